The van der Waals surface area contributed by atoms with Gasteiger partial charge < -0.3 is 15.5 Å². The Morgan fingerprint density at radius 2 is 1.81 bits per heavy atom. The highest BCUT2D eigenvalue weighted by atomic mass is 15.2. The Kier molecular flexibility index (Phi) is 10.2. The molecule has 27 heavy (non-hydrogen) atoms. The Hall–Kier alpha value is -1.59. The third-order valence-corrected chi connectivity index (χ3v) is 5.50. The average molecular weight is 374 g/mol. The van der Waals surface area contributed by atoms with Crippen molar-refractivity contribution >= 4 is 5.96 Å². The number of likely N-dealkylation sites (tertiary alicyclic amines) is 1. The van der Waals surface area contributed by atoms with E-state index in [2.05, 4.69) is 69.7 Å². The van der Waals surface area contributed by atoms with E-state index in [4.69, 9.17) is 0 Å². The first-order chi connectivity index (χ1) is 13.2. The Balaban J connectivity index is 1.54. The summed E-state index contributed by atoms with van der Waals surface area (Å²) in [5, 5.41) is 6.90. The molecule has 1 aliphatic rings. The molecule has 0 aromatic heterocycles. The number of benzene rings is 1. The minimum Gasteiger partial charge on any atom is -0.356 e. The number of nitrogens with zero attached hydrogens (tertiary/aromatic N) is 3. The maximum absolute atomic E-state index is 4.34. The van der Waals surface area contributed by atoms with Crippen LogP contribution >= 0.6 is 0 Å². The zero-order valence-corrected chi connectivity index (χ0v) is 17.6. The summed E-state index contributed by atoms with van der Waals surface area (Å²) in [6.07, 6.45) is 6.33. The van der Waals surface area contributed by atoms with Gasteiger partial charge in [-0.1, -0.05) is 30.3 Å². The third kappa shape index (κ3) is 8.76. The second-order valence-electron chi connectivity index (χ2n) is 7.72. The van der Waals surface area contributed by atoms with E-state index in [1.54, 1.807) is 0 Å². The average Bonchev–Trinajstić information content (AvgIpc) is 3.20. The lowest BCUT2D eigenvalue weighted by Crippen LogP contribution is -2.40. The van der Waals surface area contributed by atoms with E-state index in [1.165, 1.54) is 50.9 Å². The zero-order valence-electron chi connectivity index (χ0n) is 17.6. The molecule has 1 aromatic carbocycles. The predicted molar refractivity (Wildman–Crippen MR) is 116 cm³/mol. The molecular weight excluding hydrogens is 334 g/mol. The lowest BCUT2D eigenvalue weighted by atomic mass is 10.1. The standard InChI is InChI=1S/C22H39N5/c1-20(26(3)19-21-11-5-4-6-12-21)13-15-25-22(23-2)24-14-7-8-16-27-17-9-10-18-27/h4-6,11-12,20H,7-10,13-19H2,1-3H3,(H2,23,24,25). The highest BCUT2D eigenvalue weighted by Crippen LogP contribution is 2.08. The maximum atomic E-state index is 4.34. The van der Waals surface area contributed by atoms with Crippen LogP contribution in [0.15, 0.2) is 35.3 Å². The predicted octanol–water partition coefficient (Wildman–Crippen LogP) is 2.94. The molecule has 0 saturated carbocycles. The number of aliphatic imine (C=N–C) groups is 1. The summed E-state index contributed by atoms with van der Waals surface area (Å²) in [6, 6.07) is 11.2. The summed E-state index contributed by atoms with van der Waals surface area (Å²) >= 11 is 0. The number of hydrogen-bond acceptors (Lipinski definition) is 3. The van der Waals surface area contributed by atoms with Gasteiger partial charge in [0, 0.05) is 32.7 Å². The molecule has 0 aliphatic carbocycles. The van der Waals surface area contributed by atoms with Crippen molar-refractivity contribution in [2.24, 2.45) is 4.99 Å². The molecule has 1 unspecified atom stereocenters. The minimum absolute atomic E-state index is 0.524. The molecule has 0 bridgehead atoms. The van der Waals surface area contributed by atoms with Crippen LogP contribution < -0.4 is 10.6 Å². The summed E-state index contributed by atoms with van der Waals surface area (Å²) in [5.41, 5.74) is 1.37. The van der Waals surface area contributed by atoms with Crippen LogP contribution in [0.25, 0.3) is 0 Å². The van der Waals surface area contributed by atoms with Gasteiger partial charge in [0.25, 0.3) is 0 Å². The van der Waals surface area contributed by atoms with Crippen LogP contribution in [0.4, 0.5) is 0 Å². The Bertz CT molecular complexity index is 525. The van der Waals surface area contributed by atoms with Crippen LogP contribution in [0, 0.1) is 0 Å². The highest BCUT2D eigenvalue weighted by molar-refractivity contribution is 5.79. The van der Waals surface area contributed by atoms with E-state index >= 15 is 0 Å². The fourth-order valence-corrected chi connectivity index (χ4v) is 3.54. The molecule has 0 radical (unpaired) electrons. The van der Waals surface area contributed by atoms with Crippen LogP contribution in [0.2, 0.25) is 0 Å². The van der Waals surface area contributed by atoms with Gasteiger partial charge in [-0.05, 0) is 71.3 Å². The van der Waals surface area contributed by atoms with Gasteiger partial charge in [-0.15, -0.1) is 0 Å². The van der Waals surface area contributed by atoms with E-state index in [9.17, 15) is 0 Å². The van der Waals surface area contributed by atoms with Gasteiger partial charge in [0.15, 0.2) is 5.96 Å². The lowest BCUT2D eigenvalue weighted by molar-refractivity contribution is 0.238. The van der Waals surface area contributed by atoms with Crippen molar-refractivity contribution in [3.63, 3.8) is 0 Å². The molecule has 1 heterocycles. The van der Waals surface area contributed by atoms with Crippen molar-refractivity contribution in [1.82, 2.24) is 20.4 Å². The monoisotopic (exact) mass is 373 g/mol. The van der Waals surface area contributed by atoms with Crippen molar-refractivity contribution in [3.8, 4) is 0 Å². The van der Waals surface area contributed by atoms with Crippen LogP contribution in [-0.4, -0.2) is 68.6 Å². The topological polar surface area (TPSA) is 42.9 Å². The molecule has 1 saturated heterocycles. The van der Waals surface area contributed by atoms with E-state index in [0.717, 1.165) is 32.0 Å². The summed E-state index contributed by atoms with van der Waals surface area (Å²) in [6.45, 7) is 9.07. The number of rotatable bonds is 11. The first-order valence-corrected chi connectivity index (χ1v) is 10.6. The van der Waals surface area contributed by atoms with Gasteiger partial charge in [0.2, 0.25) is 0 Å². The van der Waals surface area contributed by atoms with Crippen molar-refractivity contribution < 1.29 is 0 Å². The van der Waals surface area contributed by atoms with Crippen LogP contribution in [0.1, 0.15) is 44.6 Å². The largest absolute Gasteiger partial charge is 0.356 e. The Morgan fingerprint density at radius 1 is 1.11 bits per heavy atom. The van der Waals surface area contributed by atoms with Crippen molar-refractivity contribution in [1.29, 1.82) is 0 Å². The van der Waals surface area contributed by atoms with Gasteiger partial charge in [0.05, 0.1) is 0 Å². The molecule has 0 spiro atoms. The maximum Gasteiger partial charge on any atom is 0.190 e. The van der Waals surface area contributed by atoms with Crippen molar-refractivity contribution in [2.75, 3.05) is 46.8 Å². The van der Waals surface area contributed by atoms with E-state index in [-0.39, 0.29) is 0 Å². The first kappa shape index (κ1) is 21.7. The van der Waals surface area contributed by atoms with Crippen molar-refractivity contribution in [2.45, 2.75) is 51.6 Å². The van der Waals surface area contributed by atoms with E-state index in [1.807, 2.05) is 7.05 Å². The minimum atomic E-state index is 0.524. The second-order valence-corrected chi connectivity index (χ2v) is 7.72. The molecule has 2 rings (SSSR count). The molecule has 5 nitrogen and oxygen atoms in total. The molecule has 152 valence electrons. The summed E-state index contributed by atoms with van der Waals surface area (Å²) in [4.78, 5) is 9.34. The number of nitrogens with one attached hydrogen (secondary N) is 2. The third-order valence-electron chi connectivity index (χ3n) is 5.50. The molecule has 1 aromatic rings. The fourth-order valence-electron chi connectivity index (χ4n) is 3.54. The molecule has 1 fully saturated rings. The van der Waals surface area contributed by atoms with Gasteiger partial charge in [0.1, 0.15) is 0 Å². The van der Waals surface area contributed by atoms with Gasteiger partial charge in [-0.25, -0.2) is 0 Å². The molecular formula is C22H39N5. The van der Waals surface area contributed by atoms with Gasteiger partial charge >= 0.3 is 0 Å². The normalized spacial score (nSPS) is 16.7. The van der Waals surface area contributed by atoms with Crippen LogP contribution in [-0.2, 0) is 6.54 Å². The Morgan fingerprint density at radius 3 is 2.52 bits per heavy atom. The van der Waals surface area contributed by atoms with Crippen LogP contribution in [0.3, 0.4) is 0 Å². The van der Waals surface area contributed by atoms with Crippen molar-refractivity contribution in [3.05, 3.63) is 35.9 Å². The molecule has 2 N–H and O–H groups in total. The fraction of sp³-hybridized carbons (Fsp3) is 0.682. The lowest BCUT2D eigenvalue weighted by Gasteiger charge is -2.25. The molecule has 1 aliphatic heterocycles. The van der Waals surface area contributed by atoms with Gasteiger partial charge in [-0.2, -0.15) is 0 Å². The number of guanidine groups is 1. The smallest absolute Gasteiger partial charge is 0.190 e. The summed E-state index contributed by atoms with van der Waals surface area (Å²) in [5.74, 6) is 0.925. The highest BCUT2D eigenvalue weighted by Gasteiger charge is 2.11. The summed E-state index contributed by atoms with van der Waals surface area (Å²) in [7, 11) is 4.05. The second kappa shape index (κ2) is 12.7. The van der Waals surface area contributed by atoms with Crippen LogP contribution in [0.5, 0.6) is 0 Å². The summed E-state index contributed by atoms with van der Waals surface area (Å²) < 4.78 is 0. The molecule has 0 amide bonds. The van der Waals surface area contributed by atoms with E-state index < -0.39 is 0 Å². The first-order valence-electron chi connectivity index (χ1n) is 10.6. The zero-order chi connectivity index (χ0) is 19.3. The number of hydrogen-bond donors (Lipinski definition) is 2. The number of unbranched alkanes of at least 4 members (excludes halogenated alkanes) is 1. The Labute approximate surface area is 166 Å². The molecule has 5 heteroatoms. The molecule has 1 atom stereocenters. The van der Waals surface area contributed by atoms with E-state index in [0.29, 0.717) is 6.04 Å². The van der Waals surface area contributed by atoms with Gasteiger partial charge in [-0.3, -0.25) is 9.89 Å². The SMILES string of the molecule is CN=C(NCCCCN1CCCC1)NCCC(C)N(C)Cc1ccccc1. The quantitative estimate of drug-likeness (QED) is 0.356.